The van der Waals surface area contributed by atoms with E-state index in [1.807, 2.05) is 6.08 Å². The summed E-state index contributed by atoms with van der Waals surface area (Å²) in [5.41, 5.74) is 5.32. The van der Waals surface area contributed by atoms with Crippen molar-refractivity contribution < 1.29 is 33.5 Å². The third-order valence-corrected chi connectivity index (χ3v) is 9.07. The minimum absolute atomic E-state index is 0.0453. The largest absolute Gasteiger partial charge is 0.472 e. The molecule has 4 atom stereocenters. The zero-order valence-corrected chi connectivity index (χ0v) is 30.3. The molecule has 9 nitrogen and oxygen atoms in total. The first-order valence-electron chi connectivity index (χ1n) is 18.5. The van der Waals surface area contributed by atoms with Gasteiger partial charge in [0.2, 0.25) is 5.91 Å². The lowest BCUT2D eigenvalue weighted by molar-refractivity contribution is -0.124. The lowest BCUT2D eigenvalue weighted by atomic mass is 10.0. The van der Waals surface area contributed by atoms with E-state index in [1.165, 1.54) is 83.5 Å². The van der Waals surface area contributed by atoms with E-state index in [4.69, 9.17) is 14.8 Å². The van der Waals surface area contributed by atoms with E-state index in [9.17, 15) is 24.5 Å². The number of carbonyl (C=O) groups excluding carboxylic acids is 1. The van der Waals surface area contributed by atoms with Gasteiger partial charge in [-0.05, 0) is 25.7 Å². The van der Waals surface area contributed by atoms with Crippen LogP contribution in [0.3, 0.4) is 0 Å². The van der Waals surface area contributed by atoms with Gasteiger partial charge < -0.3 is 26.2 Å². The molecular weight excluding hydrogens is 603 g/mol. The highest BCUT2D eigenvalue weighted by Gasteiger charge is 2.27. The van der Waals surface area contributed by atoms with Gasteiger partial charge in [-0.2, -0.15) is 0 Å². The predicted molar refractivity (Wildman–Crippen MR) is 191 cm³/mol. The number of aliphatic hydroxyl groups is 2. The summed E-state index contributed by atoms with van der Waals surface area (Å²) in [6.45, 7) is 3.85. The first kappa shape index (κ1) is 44.9. The number of amides is 1. The topological polar surface area (TPSA) is 151 Å². The second-order valence-electron chi connectivity index (χ2n) is 12.6. The van der Waals surface area contributed by atoms with Crippen molar-refractivity contribution in [2.24, 2.45) is 5.73 Å². The van der Waals surface area contributed by atoms with Crippen LogP contribution >= 0.6 is 7.82 Å². The van der Waals surface area contributed by atoms with Crippen LogP contribution < -0.4 is 11.1 Å². The Bertz CT molecular complexity index is 796. The van der Waals surface area contributed by atoms with Gasteiger partial charge in [0.25, 0.3) is 0 Å². The molecule has 6 N–H and O–H groups in total. The van der Waals surface area contributed by atoms with Gasteiger partial charge >= 0.3 is 7.82 Å². The fourth-order valence-electron chi connectivity index (χ4n) is 5.24. The Morgan fingerprint density at radius 1 is 0.739 bits per heavy atom. The molecule has 272 valence electrons. The van der Waals surface area contributed by atoms with Gasteiger partial charge in [-0.1, -0.05) is 154 Å². The summed E-state index contributed by atoms with van der Waals surface area (Å²) in [5, 5.41) is 23.8. The SMILES string of the molecule is CCCC/C=C/CC/C=C/C(O)C(COP(=O)(O)OCCN)NC(=O)CC(O)CCCCCCCCCCCCCCCCCC. The van der Waals surface area contributed by atoms with E-state index in [1.54, 1.807) is 6.08 Å². The second kappa shape index (κ2) is 32.5. The maximum atomic E-state index is 12.7. The molecule has 4 unspecified atom stereocenters. The standard InChI is InChI=1S/C36H71N2O7P/c1-3-5-7-9-11-13-14-15-16-17-18-19-20-21-23-25-27-33(39)31-36(41)38-34(32-45-46(42,43)44-30-29-37)35(40)28-26-24-22-12-10-8-6-4-2/h10,12,26,28,33-35,39-40H,3-9,11,13-25,27,29-32,37H2,1-2H3,(H,38,41)(H,42,43)/b12-10+,28-26+. The summed E-state index contributed by atoms with van der Waals surface area (Å²) >= 11 is 0. The quantitative estimate of drug-likeness (QED) is 0.0259. The number of unbranched alkanes of at least 4 members (excludes halogenated alkanes) is 18. The summed E-state index contributed by atoms with van der Waals surface area (Å²) < 4.78 is 21.9. The van der Waals surface area contributed by atoms with Crippen molar-refractivity contribution in [3.8, 4) is 0 Å². The number of allylic oxidation sites excluding steroid dienone is 3. The smallest absolute Gasteiger partial charge is 0.393 e. The van der Waals surface area contributed by atoms with E-state index < -0.39 is 38.6 Å². The Labute approximate surface area is 281 Å². The molecular formula is C36H71N2O7P. The number of rotatable bonds is 34. The van der Waals surface area contributed by atoms with E-state index in [0.717, 1.165) is 44.9 Å². The minimum Gasteiger partial charge on any atom is -0.393 e. The van der Waals surface area contributed by atoms with E-state index in [2.05, 4.69) is 31.3 Å². The molecule has 0 bridgehead atoms. The Morgan fingerprint density at radius 3 is 1.78 bits per heavy atom. The molecule has 0 fully saturated rings. The Balaban J connectivity index is 4.31. The van der Waals surface area contributed by atoms with Gasteiger partial charge in [-0.15, -0.1) is 0 Å². The number of nitrogens with one attached hydrogen (secondary N) is 1. The zero-order chi connectivity index (χ0) is 34.1. The third kappa shape index (κ3) is 30.3. The molecule has 46 heavy (non-hydrogen) atoms. The zero-order valence-electron chi connectivity index (χ0n) is 29.4. The molecule has 1 amide bonds. The van der Waals surface area contributed by atoms with Crippen LogP contribution in [-0.4, -0.2) is 59.0 Å². The number of aliphatic hydroxyl groups excluding tert-OH is 2. The molecule has 0 spiro atoms. The molecule has 0 heterocycles. The van der Waals surface area contributed by atoms with Crippen LogP contribution in [0, 0.1) is 0 Å². The summed E-state index contributed by atoms with van der Waals surface area (Å²) in [4.78, 5) is 22.5. The molecule has 0 aliphatic carbocycles. The van der Waals surface area contributed by atoms with Gasteiger partial charge in [-0.3, -0.25) is 13.8 Å². The highest BCUT2D eigenvalue weighted by molar-refractivity contribution is 7.47. The summed E-state index contributed by atoms with van der Waals surface area (Å²) in [6.07, 6.45) is 31.4. The first-order chi connectivity index (χ1) is 22.3. The molecule has 0 radical (unpaired) electrons. The highest BCUT2D eigenvalue weighted by atomic mass is 31.2. The van der Waals surface area contributed by atoms with Crippen LogP contribution in [0.25, 0.3) is 0 Å². The Hall–Kier alpha value is -1.06. The van der Waals surface area contributed by atoms with E-state index in [-0.39, 0.29) is 19.6 Å². The van der Waals surface area contributed by atoms with Crippen molar-refractivity contribution >= 4 is 13.7 Å². The summed E-state index contributed by atoms with van der Waals surface area (Å²) in [7, 11) is -4.39. The Morgan fingerprint density at radius 2 is 1.24 bits per heavy atom. The predicted octanol–water partition coefficient (Wildman–Crippen LogP) is 8.41. The summed E-state index contributed by atoms with van der Waals surface area (Å²) in [5.74, 6) is -0.459. The normalized spacial score (nSPS) is 15.3. The van der Waals surface area contributed by atoms with Crippen molar-refractivity contribution in [1.82, 2.24) is 5.32 Å². The van der Waals surface area contributed by atoms with Gasteiger partial charge in [0.1, 0.15) is 0 Å². The van der Waals surface area contributed by atoms with Crippen LogP contribution in [0.5, 0.6) is 0 Å². The van der Waals surface area contributed by atoms with Gasteiger partial charge in [0, 0.05) is 6.54 Å². The van der Waals surface area contributed by atoms with E-state index in [0.29, 0.717) is 12.8 Å². The second-order valence-corrected chi connectivity index (χ2v) is 14.1. The fourth-order valence-corrected chi connectivity index (χ4v) is 5.99. The average Bonchev–Trinajstić information content (AvgIpc) is 3.03. The van der Waals surface area contributed by atoms with Gasteiger partial charge in [-0.25, -0.2) is 4.57 Å². The highest BCUT2D eigenvalue weighted by Crippen LogP contribution is 2.43. The van der Waals surface area contributed by atoms with Gasteiger partial charge in [0.05, 0.1) is 37.9 Å². The summed E-state index contributed by atoms with van der Waals surface area (Å²) in [6, 6.07) is -0.992. The molecule has 0 aromatic heterocycles. The van der Waals surface area contributed by atoms with Crippen LogP contribution in [0.2, 0.25) is 0 Å². The van der Waals surface area contributed by atoms with Gasteiger partial charge in [0.15, 0.2) is 0 Å². The first-order valence-corrected chi connectivity index (χ1v) is 20.0. The van der Waals surface area contributed by atoms with Crippen LogP contribution in [0.4, 0.5) is 0 Å². The number of hydrogen-bond acceptors (Lipinski definition) is 7. The molecule has 0 aliphatic rings. The maximum absolute atomic E-state index is 12.7. The lowest BCUT2D eigenvalue weighted by Gasteiger charge is -2.24. The molecule has 10 heteroatoms. The number of nitrogens with two attached hydrogens (primary N) is 1. The molecule has 0 rings (SSSR count). The third-order valence-electron chi connectivity index (χ3n) is 8.08. The van der Waals surface area contributed by atoms with Crippen LogP contribution in [0.15, 0.2) is 24.3 Å². The molecule has 0 saturated carbocycles. The van der Waals surface area contributed by atoms with Crippen molar-refractivity contribution in [2.75, 3.05) is 19.8 Å². The van der Waals surface area contributed by atoms with Crippen LogP contribution in [-0.2, 0) is 18.4 Å². The average molecular weight is 675 g/mol. The molecule has 0 aromatic rings. The molecule has 0 saturated heterocycles. The Kier molecular flexibility index (Phi) is 31.7. The molecule has 0 aliphatic heterocycles. The number of phosphoric ester groups is 1. The van der Waals surface area contributed by atoms with Crippen molar-refractivity contribution in [2.45, 2.75) is 180 Å². The van der Waals surface area contributed by atoms with Crippen molar-refractivity contribution in [3.63, 3.8) is 0 Å². The number of carbonyl (C=O) groups is 1. The monoisotopic (exact) mass is 674 g/mol. The minimum atomic E-state index is -4.39. The van der Waals surface area contributed by atoms with Crippen LogP contribution in [0.1, 0.15) is 162 Å². The fraction of sp³-hybridized carbons (Fsp3) is 0.861. The molecule has 0 aromatic carbocycles. The maximum Gasteiger partial charge on any atom is 0.472 e. The van der Waals surface area contributed by atoms with E-state index >= 15 is 0 Å². The number of hydrogen-bond donors (Lipinski definition) is 5. The number of phosphoric acid groups is 1. The van der Waals surface area contributed by atoms with Crippen molar-refractivity contribution in [1.29, 1.82) is 0 Å². The lowest BCUT2D eigenvalue weighted by Crippen LogP contribution is -2.46. The van der Waals surface area contributed by atoms with Crippen molar-refractivity contribution in [3.05, 3.63) is 24.3 Å².